The van der Waals surface area contributed by atoms with Crippen molar-refractivity contribution in [2.75, 3.05) is 26.7 Å². The van der Waals surface area contributed by atoms with Gasteiger partial charge in [0.15, 0.2) is 5.78 Å². The zero-order chi connectivity index (χ0) is 20.2. The summed E-state index contributed by atoms with van der Waals surface area (Å²) in [4.78, 5) is 30.0. The molecule has 152 valence electrons. The zero-order valence-electron chi connectivity index (χ0n) is 17.3. The zero-order valence-corrected chi connectivity index (χ0v) is 17.3. The molecule has 2 aliphatic rings. The fraction of sp³-hybridized carbons (Fsp3) is 0.440. The average molecular weight is 391 g/mol. The van der Waals surface area contributed by atoms with Crippen LogP contribution in [-0.4, -0.2) is 48.2 Å². The maximum atomic E-state index is 13.0. The smallest absolute Gasteiger partial charge is 0.223 e. The molecule has 4 nitrogen and oxygen atoms in total. The Kier molecular flexibility index (Phi) is 6.10. The summed E-state index contributed by atoms with van der Waals surface area (Å²) in [6.45, 7) is 2.41. The largest absolute Gasteiger partial charge is 0.333 e. The Labute approximate surface area is 173 Å². The summed E-state index contributed by atoms with van der Waals surface area (Å²) in [5.41, 5.74) is 4.62. The highest BCUT2D eigenvalue weighted by molar-refractivity contribution is 5.98. The van der Waals surface area contributed by atoms with E-state index in [1.807, 2.05) is 29.2 Å². The molecule has 2 aromatic rings. The van der Waals surface area contributed by atoms with Crippen LogP contribution in [0, 0.1) is 0 Å². The molecule has 0 aromatic heterocycles. The average Bonchev–Trinajstić information content (AvgIpc) is 2.77. The summed E-state index contributed by atoms with van der Waals surface area (Å²) in [6.07, 6.45) is 5.19. The first-order chi connectivity index (χ1) is 14.1. The van der Waals surface area contributed by atoms with Crippen molar-refractivity contribution < 1.29 is 9.59 Å². The number of piperazine rings is 1. The third-order valence-corrected chi connectivity index (χ3v) is 6.32. The van der Waals surface area contributed by atoms with Gasteiger partial charge in [0.1, 0.15) is 0 Å². The Morgan fingerprint density at radius 2 is 1.69 bits per heavy atom. The second kappa shape index (κ2) is 8.91. The summed E-state index contributed by atoms with van der Waals surface area (Å²) < 4.78 is 0. The van der Waals surface area contributed by atoms with E-state index in [4.69, 9.17) is 0 Å². The lowest BCUT2D eigenvalue weighted by Gasteiger charge is -2.40. The van der Waals surface area contributed by atoms with Crippen LogP contribution in [0.5, 0.6) is 0 Å². The number of benzene rings is 2. The molecule has 0 radical (unpaired) electrons. The monoisotopic (exact) mass is 390 g/mol. The number of ketones is 1. The molecule has 1 unspecified atom stereocenters. The number of hydrogen-bond acceptors (Lipinski definition) is 3. The summed E-state index contributed by atoms with van der Waals surface area (Å²) in [5.74, 6) is 0.162. The van der Waals surface area contributed by atoms with Crippen molar-refractivity contribution in [3.05, 3.63) is 70.8 Å². The first kappa shape index (κ1) is 19.8. The van der Waals surface area contributed by atoms with Crippen molar-refractivity contribution >= 4 is 11.7 Å². The fourth-order valence-electron chi connectivity index (χ4n) is 4.59. The molecule has 0 spiro atoms. The van der Waals surface area contributed by atoms with Crippen LogP contribution >= 0.6 is 0 Å². The van der Waals surface area contributed by atoms with Crippen molar-refractivity contribution in [1.82, 2.24) is 9.80 Å². The molecule has 0 saturated carbocycles. The molecule has 29 heavy (non-hydrogen) atoms. The number of rotatable bonds is 5. The Hall–Kier alpha value is -2.46. The number of hydrogen-bond donors (Lipinski definition) is 0. The number of amides is 1. The molecule has 1 saturated heterocycles. The lowest BCUT2D eigenvalue weighted by Crippen LogP contribution is -2.49. The van der Waals surface area contributed by atoms with Crippen LogP contribution in [0.2, 0.25) is 0 Å². The number of fused-ring (bicyclic) bond motifs is 1. The summed E-state index contributed by atoms with van der Waals surface area (Å²) >= 11 is 0. The highest BCUT2D eigenvalue weighted by atomic mass is 16.2. The molecule has 1 atom stereocenters. The summed E-state index contributed by atoms with van der Waals surface area (Å²) in [6, 6.07) is 16.4. The van der Waals surface area contributed by atoms with Crippen LogP contribution in [0.3, 0.4) is 0 Å². The van der Waals surface area contributed by atoms with Gasteiger partial charge in [-0.15, -0.1) is 0 Å². The Bertz CT molecular complexity index is 878. The van der Waals surface area contributed by atoms with E-state index in [0.29, 0.717) is 6.54 Å². The molecule has 1 fully saturated rings. The molecule has 4 rings (SSSR count). The van der Waals surface area contributed by atoms with Crippen LogP contribution in [0.25, 0.3) is 0 Å². The first-order valence-electron chi connectivity index (χ1n) is 10.8. The SMILES string of the molecule is CN1CCN(C(=O)CCC(=O)c2ccc3c(c2)CCCC3)C(c2ccccc2)C1. The van der Waals surface area contributed by atoms with Crippen molar-refractivity contribution in [1.29, 1.82) is 0 Å². The van der Waals surface area contributed by atoms with Gasteiger partial charge in [-0.25, -0.2) is 0 Å². The lowest BCUT2D eigenvalue weighted by molar-refractivity contribution is -0.136. The van der Waals surface area contributed by atoms with Gasteiger partial charge < -0.3 is 9.80 Å². The second-order valence-electron chi connectivity index (χ2n) is 8.39. The summed E-state index contributed by atoms with van der Waals surface area (Å²) in [5, 5.41) is 0. The number of Topliss-reactive ketones (excluding diaryl/α,β-unsaturated/α-hetero) is 1. The molecular weight excluding hydrogens is 360 g/mol. The van der Waals surface area contributed by atoms with E-state index in [9.17, 15) is 9.59 Å². The van der Waals surface area contributed by atoms with E-state index in [2.05, 4.69) is 36.2 Å². The van der Waals surface area contributed by atoms with Gasteiger partial charge in [0.05, 0.1) is 6.04 Å². The third-order valence-electron chi connectivity index (χ3n) is 6.32. The number of carbonyl (C=O) groups is 2. The fourth-order valence-corrected chi connectivity index (χ4v) is 4.59. The maximum absolute atomic E-state index is 13.0. The predicted octanol–water partition coefficient (Wildman–Crippen LogP) is 4.04. The van der Waals surface area contributed by atoms with Crippen molar-refractivity contribution in [3.63, 3.8) is 0 Å². The standard InChI is InChI=1S/C25H30N2O2/c1-26-15-16-27(23(18-26)20-8-3-2-4-9-20)25(29)14-13-24(28)22-12-11-19-7-5-6-10-21(19)17-22/h2-4,8-9,11-12,17,23H,5-7,10,13-16,18H2,1H3. The van der Waals surface area contributed by atoms with E-state index in [0.717, 1.165) is 37.1 Å². The van der Waals surface area contributed by atoms with Gasteiger partial charge in [0.2, 0.25) is 5.91 Å². The quantitative estimate of drug-likeness (QED) is 0.724. The minimum atomic E-state index is 0.0568. The maximum Gasteiger partial charge on any atom is 0.223 e. The van der Waals surface area contributed by atoms with Gasteiger partial charge in [-0.3, -0.25) is 9.59 Å². The first-order valence-corrected chi connectivity index (χ1v) is 10.8. The molecule has 1 heterocycles. The molecule has 0 bridgehead atoms. The summed E-state index contributed by atoms with van der Waals surface area (Å²) in [7, 11) is 2.09. The van der Waals surface area contributed by atoms with Gasteiger partial charge in [0.25, 0.3) is 0 Å². The van der Waals surface area contributed by atoms with Gasteiger partial charge in [-0.05, 0) is 55.5 Å². The topological polar surface area (TPSA) is 40.6 Å². The molecule has 0 N–H and O–H groups in total. The lowest BCUT2D eigenvalue weighted by atomic mass is 9.89. The number of nitrogens with zero attached hydrogens (tertiary/aromatic N) is 2. The van der Waals surface area contributed by atoms with Crippen LogP contribution in [0.4, 0.5) is 0 Å². The van der Waals surface area contributed by atoms with Gasteiger partial charge in [-0.2, -0.15) is 0 Å². The molecular formula is C25H30N2O2. The molecule has 1 aliphatic carbocycles. The van der Waals surface area contributed by atoms with E-state index in [1.165, 1.54) is 24.0 Å². The third kappa shape index (κ3) is 4.59. The Morgan fingerprint density at radius 1 is 0.931 bits per heavy atom. The Balaban J connectivity index is 1.41. The van der Waals surface area contributed by atoms with Crippen molar-refractivity contribution in [2.45, 2.75) is 44.6 Å². The van der Waals surface area contributed by atoms with E-state index in [1.54, 1.807) is 0 Å². The minimum Gasteiger partial charge on any atom is -0.333 e. The van der Waals surface area contributed by atoms with E-state index < -0.39 is 0 Å². The van der Waals surface area contributed by atoms with Crippen LogP contribution < -0.4 is 0 Å². The van der Waals surface area contributed by atoms with Gasteiger partial charge in [0, 0.05) is 38.0 Å². The predicted molar refractivity (Wildman–Crippen MR) is 115 cm³/mol. The highest BCUT2D eigenvalue weighted by Gasteiger charge is 2.30. The highest BCUT2D eigenvalue weighted by Crippen LogP contribution is 2.26. The molecule has 2 aromatic carbocycles. The molecule has 1 aliphatic heterocycles. The number of likely N-dealkylation sites (N-methyl/N-ethyl adjacent to an activating group) is 1. The normalized spacial score (nSPS) is 19.6. The minimum absolute atomic E-state index is 0.0568. The van der Waals surface area contributed by atoms with Crippen LogP contribution in [0.1, 0.15) is 58.8 Å². The van der Waals surface area contributed by atoms with Crippen molar-refractivity contribution in [2.24, 2.45) is 0 Å². The van der Waals surface area contributed by atoms with Gasteiger partial charge in [-0.1, -0.05) is 42.5 Å². The van der Waals surface area contributed by atoms with E-state index >= 15 is 0 Å². The van der Waals surface area contributed by atoms with Gasteiger partial charge >= 0.3 is 0 Å². The number of carbonyl (C=O) groups excluding carboxylic acids is 2. The van der Waals surface area contributed by atoms with E-state index in [-0.39, 0.29) is 30.6 Å². The Morgan fingerprint density at radius 3 is 2.48 bits per heavy atom. The second-order valence-corrected chi connectivity index (χ2v) is 8.39. The van der Waals surface area contributed by atoms with Crippen LogP contribution in [0.15, 0.2) is 48.5 Å². The molecule has 1 amide bonds. The van der Waals surface area contributed by atoms with Crippen molar-refractivity contribution in [3.8, 4) is 0 Å². The number of aryl methyl sites for hydroxylation is 2. The molecule has 4 heteroatoms. The van der Waals surface area contributed by atoms with Crippen LogP contribution in [-0.2, 0) is 17.6 Å².